The van der Waals surface area contributed by atoms with E-state index in [0.29, 0.717) is 11.5 Å². The first-order chi connectivity index (χ1) is 16.5. The molecule has 0 unspecified atom stereocenters. The second-order valence-electron chi connectivity index (χ2n) is 7.05. The van der Waals surface area contributed by atoms with Gasteiger partial charge < -0.3 is 19.5 Å². The molecule has 4 nitrogen and oxygen atoms in total. The zero-order valence-electron chi connectivity index (χ0n) is 19.0. The normalized spacial score (nSPS) is 12.3. The maximum absolute atomic E-state index is 13.0. The van der Waals surface area contributed by atoms with E-state index in [2.05, 4.69) is 4.74 Å². The highest BCUT2D eigenvalue weighted by molar-refractivity contribution is 5.52. The number of aliphatic hydroxyl groups excluding tert-OH is 1. The van der Waals surface area contributed by atoms with Crippen LogP contribution in [0.2, 0.25) is 0 Å². The molecule has 3 rings (SSSR count). The molecular formula is C25H25F6NO3. The second-order valence-corrected chi connectivity index (χ2v) is 7.05. The first-order valence-electron chi connectivity index (χ1n) is 10.7. The molecule has 0 bridgehead atoms. The van der Waals surface area contributed by atoms with Crippen molar-refractivity contribution in [2.45, 2.75) is 39.0 Å². The minimum atomic E-state index is -4.91. The number of benzene rings is 3. The zero-order chi connectivity index (χ0) is 26.1. The van der Waals surface area contributed by atoms with Crippen LogP contribution in [0.25, 0.3) is 0 Å². The maximum Gasteiger partial charge on any atom is 0.573 e. The lowest BCUT2D eigenvalue weighted by molar-refractivity contribution is -0.274. The molecule has 0 fully saturated rings. The first kappa shape index (κ1) is 27.8. The number of ether oxygens (including phenoxy) is 2. The van der Waals surface area contributed by atoms with Crippen LogP contribution in [0.5, 0.6) is 17.2 Å². The van der Waals surface area contributed by atoms with Gasteiger partial charge in [-0.05, 0) is 42.0 Å². The van der Waals surface area contributed by atoms with Gasteiger partial charge >= 0.3 is 12.5 Å². The lowest BCUT2D eigenvalue weighted by Crippen LogP contribution is -2.40. The quantitative estimate of drug-likeness (QED) is 0.328. The molecule has 0 aromatic heterocycles. The minimum Gasteiger partial charge on any atom is -0.457 e. The van der Waals surface area contributed by atoms with Crippen LogP contribution in [-0.2, 0) is 6.54 Å². The van der Waals surface area contributed by atoms with E-state index in [9.17, 15) is 31.4 Å². The minimum absolute atomic E-state index is 0.225. The molecule has 0 aliphatic carbocycles. The Kier molecular flexibility index (Phi) is 9.82. The monoisotopic (exact) mass is 501 g/mol. The lowest BCUT2D eigenvalue weighted by atomic mass is 10.1. The molecule has 0 amide bonds. The number of para-hydroxylation sites is 1. The zero-order valence-corrected chi connectivity index (χ0v) is 19.0. The number of aliphatic hydroxyl groups is 1. The summed E-state index contributed by atoms with van der Waals surface area (Å²) in [5, 5.41) is 9.64. The van der Waals surface area contributed by atoms with Crippen molar-refractivity contribution in [1.29, 1.82) is 0 Å². The van der Waals surface area contributed by atoms with Crippen LogP contribution in [0.4, 0.5) is 32.0 Å². The van der Waals surface area contributed by atoms with Gasteiger partial charge in [-0.25, -0.2) is 0 Å². The molecule has 1 N–H and O–H groups in total. The number of nitrogens with zero attached hydrogens (tertiary/aromatic N) is 1. The Balaban J connectivity index is 0.00000210. The van der Waals surface area contributed by atoms with Gasteiger partial charge in [0.2, 0.25) is 0 Å². The number of halogens is 6. The van der Waals surface area contributed by atoms with Crippen LogP contribution < -0.4 is 14.4 Å². The van der Waals surface area contributed by atoms with Crippen molar-refractivity contribution in [3.63, 3.8) is 0 Å². The topological polar surface area (TPSA) is 41.9 Å². The third kappa shape index (κ3) is 9.40. The Morgan fingerprint density at radius 3 is 2.00 bits per heavy atom. The number of hydrogen-bond acceptors (Lipinski definition) is 4. The van der Waals surface area contributed by atoms with Gasteiger partial charge in [0.25, 0.3) is 0 Å². The van der Waals surface area contributed by atoms with Gasteiger partial charge in [-0.3, -0.25) is 0 Å². The van der Waals surface area contributed by atoms with Gasteiger partial charge in [0.05, 0.1) is 6.54 Å². The van der Waals surface area contributed by atoms with E-state index in [1.807, 2.05) is 13.8 Å². The smallest absolute Gasteiger partial charge is 0.457 e. The van der Waals surface area contributed by atoms with E-state index in [1.54, 1.807) is 42.5 Å². The molecule has 0 saturated carbocycles. The molecule has 0 aliphatic rings. The van der Waals surface area contributed by atoms with Crippen molar-refractivity contribution in [1.82, 2.24) is 0 Å². The summed E-state index contributed by atoms with van der Waals surface area (Å²) >= 11 is 0. The summed E-state index contributed by atoms with van der Waals surface area (Å²) in [4.78, 5) is 1.20. The van der Waals surface area contributed by atoms with E-state index in [0.717, 1.165) is 12.1 Å². The molecule has 1 atom stereocenters. The van der Waals surface area contributed by atoms with Crippen LogP contribution in [0.3, 0.4) is 0 Å². The average molecular weight is 501 g/mol. The molecular weight excluding hydrogens is 476 g/mol. The van der Waals surface area contributed by atoms with Crippen molar-refractivity contribution < 1.29 is 40.9 Å². The molecule has 3 aromatic rings. The Morgan fingerprint density at radius 1 is 0.771 bits per heavy atom. The van der Waals surface area contributed by atoms with E-state index >= 15 is 0 Å². The Hall–Kier alpha value is -3.40. The Bertz CT molecular complexity index is 1040. The molecule has 3 aromatic carbocycles. The third-order valence-corrected chi connectivity index (χ3v) is 4.44. The SMILES string of the molecule is CC.O[C@H](CN(Cc1cccc(OC(F)(F)F)c1)c1cccc(Oc2ccccc2)c1)C(F)(F)F. The van der Waals surface area contributed by atoms with Crippen LogP contribution >= 0.6 is 0 Å². The average Bonchev–Trinajstić information content (AvgIpc) is 2.79. The Labute approximate surface area is 199 Å². The van der Waals surface area contributed by atoms with Gasteiger partial charge in [-0.1, -0.05) is 50.2 Å². The number of alkyl halides is 6. The molecule has 0 spiro atoms. The third-order valence-electron chi connectivity index (χ3n) is 4.44. The van der Waals surface area contributed by atoms with E-state index in [1.165, 1.54) is 29.2 Å². The molecule has 0 saturated heterocycles. The predicted molar refractivity (Wildman–Crippen MR) is 121 cm³/mol. The highest BCUT2D eigenvalue weighted by atomic mass is 19.4. The van der Waals surface area contributed by atoms with Crippen LogP contribution in [0.1, 0.15) is 19.4 Å². The molecule has 10 heteroatoms. The fourth-order valence-corrected chi connectivity index (χ4v) is 3.00. The number of rotatable bonds is 8. The molecule has 0 radical (unpaired) electrons. The summed E-state index contributed by atoms with van der Waals surface area (Å²) < 4.78 is 86.3. The van der Waals surface area contributed by atoms with E-state index < -0.39 is 30.9 Å². The second kappa shape index (κ2) is 12.3. The van der Waals surface area contributed by atoms with Crippen LogP contribution in [-0.4, -0.2) is 30.3 Å². The molecule has 190 valence electrons. The number of anilines is 1. The summed E-state index contributed by atoms with van der Waals surface area (Å²) in [6.07, 6.45) is -12.5. The van der Waals surface area contributed by atoms with Crippen molar-refractivity contribution in [2.75, 3.05) is 11.4 Å². The van der Waals surface area contributed by atoms with E-state index in [4.69, 9.17) is 4.74 Å². The van der Waals surface area contributed by atoms with Gasteiger partial charge in [0.15, 0.2) is 6.10 Å². The largest absolute Gasteiger partial charge is 0.573 e. The molecule has 0 heterocycles. The highest BCUT2D eigenvalue weighted by Crippen LogP contribution is 2.30. The van der Waals surface area contributed by atoms with Crippen molar-refractivity contribution >= 4 is 5.69 Å². The predicted octanol–water partition coefficient (Wildman–Crippen LogP) is 7.33. The van der Waals surface area contributed by atoms with Crippen molar-refractivity contribution in [2.24, 2.45) is 0 Å². The standard InChI is InChI=1S/C23H19F6NO3.C2H6/c24-22(25,26)21(31)15-30(14-16-6-4-11-20(12-16)33-23(27,28)29)17-7-5-10-19(13-17)32-18-8-2-1-3-9-18;1-2/h1-13,21,31H,14-15H2;1-2H3/t21-;/m1./s1. The highest BCUT2D eigenvalue weighted by Gasteiger charge is 2.39. The maximum atomic E-state index is 13.0. The summed E-state index contributed by atoms with van der Waals surface area (Å²) in [6.45, 7) is 2.93. The van der Waals surface area contributed by atoms with Crippen LogP contribution in [0.15, 0.2) is 78.9 Å². The molecule has 0 aliphatic heterocycles. The van der Waals surface area contributed by atoms with Crippen molar-refractivity contribution in [3.8, 4) is 17.2 Å². The van der Waals surface area contributed by atoms with Gasteiger partial charge in [0.1, 0.15) is 17.2 Å². The summed E-state index contributed by atoms with van der Waals surface area (Å²) in [5.41, 5.74) is 0.523. The van der Waals surface area contributed by atoms with Gasteiger partial charge in [-0.15, -0.1) is 13.2 Å². The van der Waals surface area contributed by atoms with E-state index in [-0.39, 0.29) is 17.8 Å². The Morgan fingerprint density at radius 2 is 1.37 bits per heavy atom. The van der Waals surface area contributed by atoms with Gasteiger partial charge in [-0.2, -0.15) is 13.2 Å². The summed E-state index contributed by atoms with van der Waals surface area (Å²) in [6, 6.07) is 19.7. The molecule has 35 heavy (non-hydrogen) atoms. The summed E-state index contributed by atoms with van der Waals surface area (Å²) in [5.74, 6) is 0.338. The fourth-order valence-electron chi connectivity index (χ4n) is 3.00. The lowest BCUT2D eigenvalue weighted by Gasteiger charge is -2.29. The number of hydrogen-bond donors (Lipinski definition) is 1. The van der Waals surface area contributed by atoms with Gasteiger partial charge in [0, 0.05) is 18.3 Å². The fraction of sp³-hybridized carbons (Fsp3) is 0.280. The van der Waals surface area contributed by atoms with Crippen molar-refractivity contribution in [3.05, 3.63) is 84.4 Å². The first-order valence-corrected chi connectivity index (χ1v) is 10.7. The van der Waals surface area contributed by atoms with Crippen LogP contribution in [0, 0.1) is 0 Å². The summed E-state index contributed by atoms with van der Waals surface area (Å²) in [7, 11) is 0.